The lowest BCUT2D eigenvalue weighted by atomic mass is 10.2. The van der Waals surface area contributed by atoms with E-state index in [-0.39, 0.29) is 31.2 Å². The number of amides is 2. The summed E-state index contributed by atoms with van der Waals surface area (Å²) in [6.07, 6.45) is 0.448. The Balaban J connectivity index is 1.55. The molecule has 36 heavy (non-hydrogen) atoms. The second kappa shape index (κ2) is 11.4. The molecule has 0 aliphatic carbocycles. The van der Waals surface area contributed by atoms with Crippen molar-refractivity contribution in [1.29, 1.82) is 0 Å². The Bertz CT molecular complexity index is 1340. The topological polar surface area (TPSA) is 196 Å². The van der Waals surface area contributed by atoms with E-state index in [1.165, 1.54) is 35.0 Å². The predicted molar refractivity (Wildman–Crippen MR) is 129 cm³/mol. The first-order chi connectivity index (χ1) is 17.1. The number of aryl methyl sites for hydroxylation is 2. The number of nitrogens with zero attached hydrogens (tertiary/aromatic N) is 4. The number of carbonyl (C=O) groups is 2. The fourth-order valence-corrected chi connectivity index (χ4v) is 3.01. The standard InChI is InChI=1S/C22H24N8O6/c1-13-3-8-17(23)18(26-13)10-24-19(31)11-29-14(2)9-25-20(21(29)32)27-28-22(33)36-12-15-4-6-16(7-5-15)30(34)35/h3-9H,10-12,23H2,1-2H3,(H,24,31)(H,25,27)(H,28,33). The zero-order chi connectivity index (χ0) is 26.2. The summed E-state index contributed by atoms with van der Waals surface area (Å²) < 4.78 is 6.18. The number of pyridine rings is 1. The molecule has 0 atom stereocenters. The van der Waals surface area contributed by atoms with Crippen molar-refractivity contribution in [3.05, 3.63) is 85.7 Å². The highest BCUT2D eigenvalue weighted by Crippen LogP contribution is 2.12. The van der Waals surface area contributed by atoms with Gasteiger partial charge in [0, 0.05) is 29.7 Å². The molecule has 0 radical (unpaired) electrons. The van der Waals surface area contributed by atoms with Crippen molar-refractivity contribution in [3.8, 4) is 0 Å². The number of aromatic nitrogens is 3. The fourth-order valence-electron chi connectivity index (χ4n) is 3.01. The Labute approximate surface area is 204 Å². The molecule has 0 saturated carbocycles. The average Bonchev–Trinajstić information content (AvgIpc) is 2.85. The number of nitro groups is 1. The number of hydrazine groups is 1. The van der Waals surface area contributed by atoms with Gasteiger partial charge in [0.1, 0.15) is 13.2 Å². The monoisotopic (exact) mass is 496 g/mol. The lowest BCUT2D eigenvalue weighted by Crippen LogP contribution is -2.38. The van der Waals surface area contributed by atoms with Crippen LogP contribution in [0.2, 0.25) is 0 Å². The lowest BCUT2D eigenvalue weighted by Gasteiger charge is -2.13. The van der Waals surface area contributed by atoms with Crippen molar-refractivity contribution >= 4 is 29.2 Å². The summed E-state index contributed by atoms with van der Waals surface area (Å²) in [5, 5.41) is 13.4. The van der Waals surface area contributed by atoms with Crippen LogP contribution in [-0.4, -0.2) is 31.5 Å². The summed E-state index contributed by atoms with van der Waals surface area (Å²) in [6, 6.07) is 8.94. The highest BCUT2D eigenvalue weighted by molar-refractivity contribution is 5.76. The van der Waals surface area contributed by atoms with Crippen molar-refractivity contribution in [1.82, 2.24) is 25.3 Å². The number of non-ortho nitro benzene ring substituents is 1. The van der Waals surface area contributed by atoms with Crippen molar-refractivity contribution in [2.75, 3.05) is 11.2 Å². The number of nitrogens with two attached hydrogens (primary N) is 1. The normalized spacial score (nSPS) is 10.4. The molecule has 14 nitrogen and oxygen atoms in total. The van der Waals surface area contributed by atoms with Gasteiger partial charge in [-0.05, 0) is 43.7 Å². The van der Waals surface area contributed by atoms with Crippen molar-refractivity contribution in [2.45, 2.75) is 33.5 Å². The molecule has 2 heterocycles. The van der Waals surface area contributed by atoms with Gasteiger partial charge in [-0.3, -0.25) is 34.7 Å². The third-order valence-electron chi connectivity index (χ3n) is 4.96. The minimum absolute atomic E-state index is 0.0868. The first kappa shape index (κ1) is 25.6. The molecule has 1 aromatic carbocycles. The maximum absolute atomic E-state index is 12.8. The molecule has 0 spiro atoms. The summed E-state index contributed by atoms with van der Waals surface area (Å²) in [5.41, 5.74) is 12.4. The lowest BCUT2D eigenvalue weighted by molar-refractivity contribution is -0.384. The third kappa shape index (κ3) is 6.75. The molecule has 2 amide bonds. The van der Waals surface area contributed by atoms with Crippen LogP contribution in [0.1, 0.15) is 22.6 Å². The molecule has 3 aromatic rings. The molecule has 2 aromatic heterocycles. The van der Waals surface area contributed by atoms with Crippen LogP contribution in [0.5, 0.6) is 0 Å². The summed E-state index contributed by atoms with van der Waals surface area (Å²) in [7, 11) is 0. The smallest absolute Gasteiger partial charge is 0.426 e. The van der Waals surface area contributed by atoms with Crippen LogP contribution in [0.15, 0.2) is 47.4 Å². The Morgan fingerprint density at radius 3 is 2.58 bits per heavy atom. The molecule has 0 aliphatic rings. The minimum Gasteiger partial charge on any atom is -0.443 e. The van der Waals surface area contributed by atoms with Gasteiger partial charge in [-0.15, -0.1) is 0 Å². The number of nitro benzene ring substituents is 1. The molecule has 5 N–H and O–H groups in total. The van der Waals surface area contributed by atoms with Gasteiger partial charge in [0.15, 0.2) is 0 Å². The zero-order valence-corrected chi connectivity index (χ0v) is 19.5. The number of hydrogen-bond acceptors (Lipinski definition) is 10. The highest BCUT2D eigenvalue weighted by atomic mass is 16.6. The van der Waals surface area contributed by atoms with Gasteiger partial charge in [-0.25, -0.2) is 15.2 Å². The molecule has 188 valence electrons. The van der Waals surface area contributed by atoms with Crippen molar-refractivity contribution in [3.63, 3.8) is 0 Å². The number of carbonyl (C=O) groups excluding carboxylic acids is 2. The highest BCUT2D eigenvalue weighted by Gasteiger charge is 2.13. The number of ether oxygens (including phenoxy) is 1. The number of benzene rings is 1. The van der Waals surface area contributed by atoms with E-state index in [0.29, 0.717) is 22.6 Å². The van der Waals surface area contributed by atoms with Gasteiger partial charge in [-0.1, -0.05) is 0 Å². The summed E-state index contributed by atoms with van der Waals surface area (Å²) >= 11 is 0. The molecular formula is C22H24N8O6. The maximum Gasteiger partial charge on any atom is 0.426 e. The van der Waals surface area contributed by atoms with E-state index >= 15 is 0 Å². The molecule has 0 bridgehead atoms. The van der Waals surface area contributed by atoms with Gasteiger partial charge in [0.2, 0.25) is 11.7 Å². The average molecular weight is 496 g/mol. The van der Waals surface area contributed by atoms with Crippen LogP contribution < -0.4 is 27.5 Å². The Kier molecular flexibility index (Phi) is 8.12. The number of nitrogen functional groups attached to an aromatic ring is 1. The number of hydrogen-bond donors (Lipinski definition) is 4. The van der Waals surface area contributed by atoms with E-state index < -0.39 is 22.5 Å². The molecular weight excluding hydrogens is 472 g/mol. The SMILES string of the molecule is Cc1ccc(N)c(CNC(=O)Cn2c(C)cnc(NNC(=O)OCc3ccc([N+](=O)[O-])cc3)c2=O)n1. The van der Waals surface area contributed by atoms with Crippen molar-refractivity contribution < 1.29 is 19.2 Å². The van der Waals surface area contributed by atoms with Crippen LogP contribution in [0, 0.1) is 24.0 Å². The predicted octanol–water partition coefficient (Wildman–Crippen LogP) is 1.32. The van der Waals surface area contributed by atoms with E-state index in [1.54, 1.807) is 26.0 Å². The van der Waals surface area contributed by atoms with Crippen LogP contribution in [0.4, 0.5) is 22.0 Å². The van der Waals surface area contributed by atoms with E-state index in [9.17, 15) is 24.5 Å². The summed E-state index contributed by atoms with van der Waals surface area (Å²) in [4.78, 5) is 55.5. The molecule has 0 fully saturated rings. The van der Waals surface area contributed by atoms with Crippen LogP contribution in [0.3, 0.4) is 0 Å². The second-order valence-electron chi connectivity index (χ2n) is 7.65. The Morgan fingerprint density at radius 1 is 1.17 bits per heavy atom. The molecule has 3 rings (SSSR count). The van der Waals surface area contributed by atoms with Crippen LogP contribution in [0.25, 0.3) is 0 Å². The minimum atomic E-state index is -0.914. The number of nitrogens with one attached hydrogen (secondary N) is 3. The summed E-state index contributed by atoms with van der Waals surface area (Å²) in [6.45, 7) is 3.06. The zero-order valence-electron chi connectivity index (χ0n) is 19.5. The molecule has 0 unspecified atom stereocenters. The molecule has 14 heteroatoms. The van der Waals surface area contributed by atoms with Gasteiger partial charge < -0.3 is 15.8 Å². The first-order valence-corrected chi connectivity index (χ1v) is 10.6. The van der Waals surface area contributed by atoms with E-state index in [1.807, 2.05) is 0 Å². The quantitative estimate of drug-likeness (QED) is 0.247. The van der Waals surface area contributed by atoms with Crippen LogP contribution in [-0.2, 0) is 29.2 Å². The third-order valence-corrected chi connectivity index (χ3v) is 4.96. The molecule has 0 saturated heterocycles. The Morgan fingerprint density at radius 2 is 1.89 bits per heavy atom. The largest absolute Gasteiger partial charge is 0.443 e. The van der Waals surface area contributed by atoms with Crippen molar-refractivity contribution in [2.24, 2.45) is 0 Å². The van der Waals surface area contributed by atoms with E-state index in [2.05, 4.69) is 26.1 Å². The first-order valence-electron chi connectivity index (χ1n) is 10.6. The number of anilines is 2. The van der Waals surface area contributed by atoms with E-state index in [4.69, 9.17) is 10.5 Å². The van der Waals surface area contributed by atoms with Gasteiger partial charge in [-0.2, -0.15) is 0 Å². The number of rotatable bonds is 9. The summed E-state index contributed by atoms with van der Waals surface area (Å²) in [5.74, 6) is -0.680. The maximum atomic E-state index is 12.8. The fraction of sp³-hybridized carbons (Fsp3) is 0.227. The van der Waals surface area contributed by atoms with E-state index in [0.717, 1.165) is 5.69 Å². The van der Waals surface area contributed by atoms with Gasteiger partial charge in [0.25, 0.3) is 11.2 Å². The van der Waals surface area contributed by atoms with Gasteiger partial charge in [0.05, 0.1) is 22.8 Å². The Hall–Kier alpha value is -5.01. The molecule has 0 aliphatic heterocycles. The second-order valence-corrected chi connectivity index (χ2v) is 7.65. The van der Waals surface area contributed by atoms with Crippen LogP contribution >= 0.6 is 0 Å². The van der Waals surface area contributed by atoms with Gasteiger partial charge >= 0.3 is 6.09 Å².